The van der Waals surface area contributed by atoms with Crippen LogP contribution in [-0.2, 0) is 11.3 Å². The molecule has 0 aliphatic heterocycles. The summed E-state index contributed by atoms with van der Waals surface area (Å²) in [6, 6.07) is 3.40. The summed E-state index contributed by atoms with van der Waals surface area (Å²) in [5.74, 6) is 0.274. The Morgan fingerprint density at radius 3 is 2.88 bits per heavy atom. The molecule has 0 saturated carbocycles. The van der Waals surface area contributed by atoms with Gasteiger partial charge in [-0.05, 0) is 31.5 Å². The maximum atomic E-state index is 11.7. The Balaban J connectivity index is 2.01. The van der Waals surface area contributed by atoms with Crippen molar-refractivity contribution in [3.8, 4) is 0 Å². The highest BCUT2D eigenvalue weighted by atomic mass is 16.2. The van der Waals surface area contributed by atoms with E-state index >= 15 is 0 Å². The third-order valence-electron chi connectivity index (χ3n) is 2.48. The van der Waals surface area contributed by atoms with Crippen LogP contribution in [0.1, 0.15) is 11.3 Å². The number of nitrogens with one attached hydrogen (secondary N) is 1. The SMILES string of the molecule is Cc1cnn(CC(=O)Nc2cccnn2)c1C. The van der Waals surface area contributed by atoms with Crippen LogP contribution in [0.5, 0.6) is 0 Å². The van der Waals surface area contributed by atoms with Crippen LogP contribution >= 0.6 is 0 Å². The van der Waals surface area contributed by atoms with Gasteiger partial charge in [0.05, 0.1) is 6.20 Å². The van der Waals surface area contributed by atoms with Crippen molar-refractivity contribution in [2.24, 2.45) is 0 Å². The minimum Gasteiger partial charge on any atom is -0.308 e. The van der Waals surface area contributed by atoms with Crippen LogP contribution in [0.4, 0.5) is 5.82 Å². The molecule has 0 saturated heterocycles. The Labute approximate surface area is 98.7 Å². The lowest BCUT2D eigenvalue weighted by Gasteiger charge is -2.05. The average molecular weight is 231 g/mol. The van der Waals surface area contributed by atoms with Crippen molar-refractivity contribution in [2.75, 3.05) is 5.32 Å². The molecule has 1 N–H and O–H groups in total. The van der Waals surface area contributed by atoms with E-state index in [-0.39, 0.29) is 12.5 Å². The molecule has 0 aromatic carbocycles. The third kappa shape index (κ3) is 2.66. The highest BCUT2D eigenvalue weighted by Crippen LogP contribution is 2.05. The molecule has 0 aliphatic rings. The first-order chi connectivity index (χ1) is 8.16. The highest BCUT2D eigenvalue weighted by Gasteiger charge is 2.08. The first-order valence-electron chi connectivity index (χ1n) is 5.23. The summed E-state index contributed by atoms with van der Waals surface area (Å²) < 4.78 is 1.65. The summed E-state index contributed by atoms with van der Waals surface area (Å²) >= 11 is 0. The molecular weight excluding hydrogens is 218 g/mol. The second-order valence-corrected chi connectivity index (χ2v) is 3.73. The van der Waals surface area contributed by atoms with Crippen LogP contribution in [0.25, 0.3) is 0 Å². The molecule has 0 radical (unpaired) electrons. The summed E-state index contributed by atoms with van der Waals surface area (Å²) in [6.07, 6.45) is 3.29. The molecule has 2 heterocycles. The quantitative estimate of drug-likeness (QED) is 0.852. The third-order valence-corrected chi connectivity index (χ3v) is 2.48. The van der Waals surface area contributed by atoms with Crippen molar-refractivity contribution in [3.63, 3.8) is 0 Å². The van der Waals surface area contributed by atoms with Gasteiger partial charge in [0.2, 0.25) is 5.91 Å². The Kier molecular flexibility index (Phi) is 3.13. The van der Waals surface area contributed by atoms with E-state index in [1.165, 1.54) is 0 Å². The highest BCUT2D eigenvalue weighted by molar-refractivity contribution is 5.89. The zero-order chi connectivity index (χ0) is 12.3. The van der Waals surface area contributed by atoms with Gasteiger partial charge in [-0.15, -0.1) is 5.10 Å². The predicted octanol–water partition coefficient (Wildman–Crippen LogP) is 0.929. The van der Waals surface area contributed by atoms with Gasteiger partial charge in [0, 0.05) is 11.9 Å². The van der Waals surface area contributed by atoms with Crippen molar-refractivity contribution in [1.82, 2.24) is 20.0 Å². The number of hydrogen-bond donors (Lipinski definition) is 1. The van der Waals surface area contributed by atoms with E-state index in [0.29, 0.717) is 5.82 Å². The molecule has 6 nitrogen and oxygen atoms in total. The van der Waals surface area contributed by atoms with Gasteiger partial charge in [-0.3, -0.25) is 9.48 Å². The lowest BCUT2D eigenvalue weighted by Crippen LogP contribution is -2.20. The Morgan fingerprint density at radius 1 is 1.47 bits per heavy atom. The second-order valence-electron chi connectivity index (χ2n) is 3.73. The standard InChI is InChI=1S/C11H13N5O/c1-8-6-13-16(9(8)2)7-11(17)14-10-4-3-5-12-15-10/h3-6H,7H2,1-2H3,(H,14,15,17). The van der Waals surface area contributed by atoms with Crippen molar-refractivity contribution < 1.29 is 4.79 Å². The molecule has 2 rings (SSSR count). The topological polar surface area (TPSA) is 72.7 Å². The number of nitrogens with zero attached hydrogens (tertiary/aromatic N) is 4. The van der Waals surface area contributed by atoms with Crippen LogP contribution in [0, 0.1) is 13.8 Å². The van der Waals surface area contributed by atoms with Gasteiger partial charge in [-0.25, -0.2) is 0 Å². The van der Waals surface area contributed by atoms with E-state index in [1.54, 1.807) is 29.2 Å². The van der Waals surface area contributed by atoms with E-state index < -0.39 is 0 Å². The summed E-state index contributed by atoms with van der Waals surface area (Å²) in [7, 11) is 0. The number of carbonyl (C=O) groups excluding carboxylic acids is 1. The first-order valence-corrected chi connectivity index (χ1v) is 5.23. The molecule has 2 aromatic rings. The molecule has 88 valence electrons. The molecule has 0 fully saturated rings. The maximum Gasteiger partial charge on any atom is 0.247 e. The number of aryl methyl sites for hydroxylation is 1. The van der Waals surface area contributed by atoms with E-state index in [9.17, 15) is 4.79 Å². The fourth-order valence-electron chi connectivity index (χ4n) is 1.39. The van der Waals surface area contributed by atoms with Gasteiger partial charge in [0.15, 0.2) is 5.82 Å². The Bertz CT molecular complexity index is 520. The molecule has 0 atom stereocenters. The van der Waals surface area contributed by atoms with Gasteiger partial charge in [-0.1, -0.05) is 0 Å². The van der Waals surface area contributed by atoms with Crippen molar-refractivity contribution in [3.05, 3.63) is 35.8 Å². The number of carbonyl (C=O) groups is 1. The van der Waals surface area contributed by atoms with Crippen molar-refractivity contribution >= 4 is 11.7 Å². The zero-order valence-electron chi connectivity index (χ0n) is 9.71. The molecule has 2 aromatic heterocycles. The van der Waals surface area contributed by atoms with Gasteiger partial charge >= 0.3 is 0 Å². The van der Waals surface area contributed by atoms with E-state index in [2.05, 4.69) is 20.6 Å². The minimum atomic E-state index is -0.170. The van der Waals surface area contributed by atoms with Gasteiger partial charge < -0.3 is 5.32 Å². The van der Waals surface area contributed by atoms with Crippen LogP contribution in [0.15, 0.2) is 24.5 Å². The predicted molar refractivity (Wildman–Crippen MR) is 62.4 cm³/mol. The lowest BCUT2D eigenvalue weighted by molar-refractivity contribution is -0.117. The van der Waals surface area contributed by atoms with E-state index in [1.807, 2.05) is 13.8 Å². The molecule has 17 heavy (non-hydrogen) atoms. The lowest BCUT2D eigenvalue weighted by atomic mass is 10.3. The fraction of sp³-hybridized carbons (Fsp3) is 0.273. The molecular formula is C11H13N5O. The number of rotatable bonds is 3. The Hall–Kier alpha value is -2.24. The Morgan fingerprint density at radius 2 is 2.29 bits per heavy atom. The molecule has 0 unspecified atom stereocenters. The minimum absolute atomic E-state index is 0.170. The normalized spacial score (nSPS) is 10.2. The van der Waals surface area contributed by atoms with E-state index in [4.69, 9.17) is 0 Å². The zero-order valence-corrected chi connectivity index (χ0v) is 9.71. The number of anilines is 1. The van der Waals surface area contributed by atoms with Gasteiger partial charge in [0.25, 0.3) is 0 Å². The molecule has 0 aliphatic carbocycles. The number of amides is 1. The monoisotopic (exact) mass is 231 g/mol. The van der Waals surface area contributed by atoms with Crippen molar-refractivity contribution in [2.45, 2.75) is 20.4 Å². The van der Waals surface area contributed by atoms with Crippen LogP contribution in [0.2, 0.25) is 0 Å². The average Bonchev–Trinajstić information content (AvgIpc) is 2.62. The molecule has 0 bridgehead atoms. The molecule has 1 amide bonds. The molecule has 0 spiro atoms. The molecule has 6 heteroatoms. The van der Waals surface area contributed by atoms with Crippen molar-refractivity contribution in [1.29, 1.82) is 0 Å². The van der Waals surface area contributed by atoms with E-state index in [0.717, 1.165) is 11.3 Å². The first kappa shape index (κ1) is 11.3. The van der Waals surface area contributed by atoms with Crippen LogP contribution < -0.4 is 5.32 Å². The summed E-state index contributed by atoms with van der Waals surface area (Å²) in [5, 5.41) is 14.2. The van der Waals surface area contributed by atoms with Gasteiger partial charge in [0.1, 0.15) is 6.54 Å². The van der Waals surface area contributed by atoms with Crippen LogP contribution in [0.3, 0.4) is 0 Å². The fourth-order valence-corrected chi connectivity index (χ4v) is 1.39. The van der Waals surface area contributed by atoms with Crippen LogP contribution in [-0.4, -0.2) is 25.9 Å². The smallest absolute Gasteiger partial charge is 0.247 e. The number of hydrogen-bond acceptors (Lipinski definition) is 4. The summed E-state index contributed by atoms with van der Waals surface area (Å²) in [4.78, 5) is 11.7. The summed E-state index contributed by atoms with van der Waals surface area (Å²) in [6.45, 7) is 4.06. The summed E-state index contributed by atoms with van der Waals surface area (Å²) in [5.41, 5.74) is 2.05. The number of aromatic nitrogens is 4. The largest absolute Gasteiger partial charge is 0.308 e. The second kappa shape index (κ2) is 4.73. The van der Waals surface area contributed by atoms with Gasteiger partial charge in [-0.2, -0.15) is 10.2 Å². The maximum absolute atomic E-state index is 11.7.